The average Bonchev–Trinajstić information content (AvgIpc) is 2.81. The molecule has 0 bridgehead atoms. The Morgan fingerprint density at radius 2 is 1.91 bits per heavy atom. The molecule has 0 saturated carbocycles. The van der Waals surface area contributed by atoms with Gasteiger partial charge >= 0.3 is 0 Å². The van der Waals surface area contributed by atoms with E-state index in [9.17, 15) is 9.59 Å². The molecule has 1 fully saturated rings. The number of carbonyl (C=O) groups excluding carboxylic acids is 2. The van der Waals surface area contributed by atoms with Crippen LogP contribution < -0.4 is 10.2 Å². The molecule has 2 aromatic carbocycles. The van der Waals surface area contributed by atoms with Gasteiger partial charge in [-0.2, -0.15) is 0 Å². The first-order valence-corrected chi connectivity index (χ1v) is 7.84. The second-order valence-electron chi connectivity index (χ2n) is 5.67. The highest BCUT2D eigenvalue weighted by atomic mass is 35.5. The highest BCUT2D eigenvalue weighted by Crippen LogP contribution is 2.23. The van der Waals surface area contributed by atoms with Crippen LogP contribution in [-0.4, -0.2) is 17.9 Å². The Morgan fingerprint density at radius 3 is 2.61 bits per heavy atom. The van der Waals surface area contributed by atoms with Crippen LogP contribution in [0.4, 0.5) is 5.69 Å². The van der Waals surface area contributed by atoms with Gasteiger partial charge in [-0.15, -0.1) is 0 Å². The Kier molecular flexibility index (Phi) is 4.46. The Labute approximate surface area is 140 Å². The molecular weight excluding hydrogens is 312 g/mol. The van der Waals surface area contributed by atoms with Crippen LogP contribution >= 0.6 is 11.6 Å². The van der Waals surface area contributed by atoms with E-state index >= 15 is 0 Å². The first-order valence-electron chi connectivity index (χ1n) is 7.46. The van der Waals surface area contributed by atoms with Crippen LogP contribution in [0.2, 0.25) is 5.02 Å². The standard InChI is InChI=1S/C18H17ClN2O2/c1-12-5-7-15(8-6-12)21-17(22)10-16(18(21)23)20-11-13-3-2-4-14(19)9-13/h2-9,16,20H,10-11H2,1H3/t16-/m1/s1. The lowest BCUT2D eigenvalue weighted by molar-refractivity contribution is -0.121. The summed E-state index contributed by atoms with van der Waals surface area (Å²) in [6.45, 7) is 2.46. The summed E-state index contributed by atoms with van der Waals surface area (Å²) in [5, 5.41) is 3.80. The van der Waals surface area contributed by atoms with E-state index in [2.05, 4.69) is 5.32 Å². The molecule has 4 nitrogen and oxygen atoms in total. The number of imide groups is 1. The quantitative estimate of drug-likeness (QED) is 0.877. The van der Waals surface area contributed by atoms with Crippen molar-refractivity contribution in [1.82, 2.24) is 5.32 Å². The fourth-order valence-electron chi connectivity index (χ4n) is 2.64. The van der Waals surface area contributed by atoms with Crippen LogP contribution in [0.25, 0.3) is 0 Å². The van der Waals surface area contributed by atoms with Gasteiger partial charge in [-0.1, -0.05) is 41.4 Å². The van der Waals surface area contributed by atoms with Crippen LogP contribution in [0, 0.1) is 6.92 Å². The van der Waals surface area contributed by atoms with Crippen molar-refractivity contribution in [3.63, 3.8) is 0 Å². The van der Waals surface area contributed by atoms with E-state index in [4.69, 9.17) is 11.6 Å². The maximum absolute atomic E-state index is 12.5. The number of nitrogens with one attached hydrogen (secondary N) is 1. The zero-order valence-electron chi connectivity index (χ0n) is 12.8. The molecule has 3 rings (SSSR count). The Hall–Kier alpha value is -2.17. The van der Waals surface area contributed by atoms with E-state index in [1.165, 1.54) is 4.90 Å². The van der Waals surface area contributed by atoms with Gasteiger partial charge in [0.05, 0.1) is 18.2 Å². The van der Waals surface area contributed by atoms with Crippen molar-refractivity contribution in [3.05, 3.63) is 64.7 Å². The first kappa shape index (κ1) is 15.7. The number of rotatable bonds is 4. The van der Waals surface area contributed by atoms with Crippen molar-refractivity contribution >= 4 is 29.1 Å². The van der Waals surface area contributed by atoms with Gasteiger partial charge < -0.3 is 5.32 Å². The average molecular weight is 329 g/mol. The maximum atomic E-state index is 12.5. The highest BCUT2D eigenvalue weighted by Gasteiger charge is 2.39. The normalized spacial score (nSPS) is 17.8. The predicted octanol–water partition coefficient (Wildman–Crippen LogP) is 3.07. The largest absolute Gasteiger partial charge is 0.301 e. The summed E-state index contributed by atoms with van der Waals surface area (Å²) < 4.78 is 0. The number of hydrogen-bond acceptors (Lipinski definition) is 3. The fourth-order valence-corrected chi connectivity index (χ4v) is 2.86. The SMILES string of the molecule is Cc1ccc(N2C(=O)C[C@@H](NCc3cccc(Cl)c3)C2=O)cc1. The number of hydrogen-bond donors (Lipinski definition) is 1. The molecule has 118 valence electrons. The molecule has 1 aliphatic rings. The van der Waals surface area contributed by atoms with E-state index in [0.717, 1.165) is 11.1 Å². The molecule has 1 atom stereocenters. The second kappa shape index (κ2) is 6.52. The molecule has 1 saturated heterocycles. The smallest absolute Gasteiger partial charge is 0.251 e. The van der Waals surface area contributed by atoms with Gasteiger partial charge in [-0.05, 0) is 36.8 Å². The van der Waals surface area contributed by atoms with Gasteiger partial charge in [-0.3, -0.25) is 9.59 Å². The van der Waals surface area contributed by atoms with E-state index in [1.54, 1.807) is 18.2 Å². The second-order valence-corrected chi connectivity index (χ2v) is 6.11. The number of aryl methyl sites for hydroxylation is 1. The zero-order chi connectivity index (χ0) is 16.4. The summed E-state index contributed by atoms with van der Waals surface area (Å²) in [6, 6.07) is 14.3. The molecule has 0 spiro atoms. The van der Waals surface area contributed by atoms with Crippen LogP contribution in [0.3, 0.4) is 0 Å². The summed E-state index contributed by atoms with van der Waals surface area (Å²) in [5.41, 5.74) is 2.69. The Morgan fingerprint density at radius 1 is 1.17 bits per heavy atom. The van der Waals surface area contributed by atoms with Gasteiger partial charge in [0.2, 0.25) is 5.91 Å². The van der Waals surface area contributed by atoms with Crippen LogP contribution in [-0.2, 0) is 16.1 Å². The Balaban J connectivity index is 1.70. The van der Waals surface area contributed by atoms with E-state index < -0.39 is 6.04 Å². The number of halogens is 1. The minimum absolute atomic E-state index is 0.174. The molecule has 5 heteroatoms. The van der Waals surface area contributed by atoms with E-state index in [-0.39, 0.29) is 18.2 Å². The monoisotopic (exact) mass is 328 g/mol. The minimum Gasteiger partial charge on any atom is -0.301 e. The number of benzene rings is 2. The Bertz CT molecular complexity index is 743. The summed E-state index contributed by atoms with van der Waals surface area (Å²) in [7, 11) is 0. The summed E-state index contributed by atoms with van der Waals surface area (Å²) >= 11 is 5.95. The molecule has 1 aliphatic heterocycles. The molecule has 0 aromatic heterocycles. The zero-order valence-corrected chi connectivity index (χ0v) is 13.5. The van der Waals surface area contributed by atoms with Gasteiger partial charge in [0.15, 0.2) is 0 Å². The number of nitrogens with zero attached hydrogens (tertiary/aromatic N) is 1. The molecule has 0 unspecified atom stereocenters. The topological polar surface area (TPSA) is 49.4 Å². The maximum Gasteiger partial charge on any atom is 0.251 e. The number of carbonyl (C=O) groups is 2. The van der Waals surface area contributed by atoms with Gasteiger partial charge in [0, 0.05) is 11.6 Å². The molecule has 2 amide bonds. The summed E-state index contributed by atoms with van der Waals surface area (Å²) in [5.74, 6) is -0.386. The molecular formula is C18H17ClN2O2. The van der Waals surface area contributed by atoms with E-state index in [0.29, 0.717) is 17.3 Å². The number of anilines is 1. The van der Waals surface area contributed by atoms with Crippen molar-refractivity contribution < 1.29 is 9.59 Å². The summed E-state index contributed by atoms with van der Waals surface area (Å²) in [6.07, 6.45) is 0.174. The first-order chi connectivity index (χ1) is 11.0. The third-order valence-electron chi connectivity index (χ3n) is 3.88. The fraction of sp³-hybridized carbons (Fsp3) is 0.222. The lowest BCUT2D eigenvalue weighted by Gasteiger charge is -2.16. The van der Waals surface area contributed by atoms with E-state index in [1.807, 2.05) is 37.3 Å². The van der Waals surface area contributed by atoms with Crippen molar-refractivity contribution in [2.75, 3.05) is 4.90 Å². The van der Waals surface area contributed by atoms with Crippen LogP contribution in [0.5, 0.6) is 0 Å². The molecule has 23 heavy (non-hydrogen) atoms. The van der Waals surface area contributed by atoms with Gasteiger partial charge in [0.1, 0.15) is 0 Å². The van der Waals surface area contributed by atoms with Crippen LogP contribution in [0.1, 0.15) is 17.5 Å². The third-order valence-corrected chi connectivity index (χ3v) is 4.12. The lowest BCUT2D eigenvalue weighted by atomic mass is 10.2. The van der Waals surface area contributed by atoms with Crippen LogP contribution in [0.15, 0.2) is 48.5 Å². The third kappa shape index (κ3) is 3.44. The summed E-state index contributed by atoms with van der Waals surface area (Å²) in [4.78, 5) is 26.0. The van der Waals surface area contributed by atoms with Crippen molar-refractivity contribution in [2.45, 2.75) is 25.9 Å². The molecule has 0 radical (unpaired) electrons. The minimum atomic E-state index is -0.497. The molecule has 1 heterocycles. The molecule has 2 aromatic rings. The van der Waals surface area contributed by atoms with Crippen molar-refractivity contribution in [1.29, 1.82) is 0 Å². The van der Waals surface area contributed by atoms with Crippen molar-refractivity contribution in [3.8, 4) is 0 Å². The van der Waals surface area contributed by atoms with Crippen molar-refractivity contribution in [2.24, 2.45) is 0 Å². The van der Waals surface area contributed by atoms with Gasteiger partial charge in [0.25, 0.3) is 5.91 Å². The number of amides is 2. The van der Waals surface area contributed by atoms with Gasteiger partial charge in [-0.25, -0.2) is 4.90 Å². The molecule has 1 N–H and O–H groups in total. The highest BCUT2D eigenvalue weighted by molar-refractivity contribution is 6.30. The molecule has 0 aliphatic carbocycles. The predicted molar refractivity (Wildman–Crippen MR) is 90.4 cm³/mol. The lowest BCUT2D eigenvalue weighted by Crippen LogP contribution is -2.38.